The minimum Gasteiger partial charge on any atom is -0.489 e. The number of unbranched alkanes of at least 4 members (excludes halogenated alkanes) is 6. The van der Waals surface area contributed by atoms with Crippen LogP contribution in [0.3, 0.4) is 0 Å². The van der Waals surface area contributed by atoms with E-state index >= 15 is 0 Å². The first-order valence-electron chi connectivity index (χ1n) is 10.4. The molecule has 0 fully saturated rings. The summed E-state index contributed by atoms with van der Waals surface area (Å²) in [7, 11) is 0. The van der Waals surface area contributed by atoms with Gasteiger partial charge in [-0.1, -0.05) is 87.9 Å². The van der Waals surface area contributed by atoms with Crippen molar-refractivity contribution in [3.05, 3.63) is 71.3 Å². The third kappa shape index (κ3) is 5.49. The van der Waals surface area contributed by atoms with Gasteiger partial charge in [0.1, 0.15) is 12.4 Å². The number of fused-ring (bicyclic) bond motifs is 1. The van der Waals surface area contributed by atoms with Crippen LogP contribution in [0.15, 0.2) is 54.6 Å². The Hall–Kier alpha value is -2.02. The molecule has 1 heteroatoms. The molecule has 1 nitrogen and oxygen atoms in total. The maximum Gasteiger partial charge on any atom is 0.120 e. The van der Waals surface area contributed by atoms with E-state index in [0.29, 0.717) is 6.61 Å². The van der Waals surface area contributed by atoms with Crippen molar-refractivity contribution in [2.24, 2.45) is 0 Å². The number of rotatable bonds is 11. The van der Waals surface area contributed by atoms with Crippen molar-refractivity contribution in [2.45, 2.75) is 71.3 Å². The largest absolute Gasteiger partial charge is 0.489 e. The van der Waals surface area contributed by atoms with Gasteiger partial charge in [-0.25, -0.2) is 0 Å². The van der Waals surface area contributed by atoms with Crippen molar-refractivity contribution in [1.29, 1.82) is 0 Å². The first-order chi connectivity index (χ1) is 12.9. The van der Waals surface area contributed by atoms with E-state index in [-0.39, 0.29) is 0 Å². The van der Waals surface area contributed by atoms with E-state index in [1.165, 1.54) is 73.6 Å². The van der Waals surface area contributed by atoms with Gasteiger partial charge in [-0.3, -0.25) is 0 Å². The highest BCUT2D eigenvalue weighted by Crippen LogP contribution is 2.34. The highest BCUT2D eigenvalue weighted by Gasteiger charge is 2.14. The molecule has 2 aromatic carbocycles. The van der Waals surface area contributed by atoms with Gasteiger partial charge in [0.05, 0.1) is 0 Å². The van der Waals surface area contributed by atoms with Crippen molar-refractivity contribution in [1.82, 2.24) is 0 Å². The molecule has 3 rings (SSSR count). The van der Waals surface area contributed by atoms with Gasteiger partial charge in [-0.05, 0) is 53.7 Å². The van der Waals surface area contributed by atoms with E-state index in [1.54, 1.807) is 0 Å². The normalized spacial score (nSPS) is 12.7. The SMILES string of the molecule is CCCCCCCCCC1=CCc2ccc(OCc3ccccc3)cc21. The summed E-state index contributed by atoms with van der Waals surface area (Å²) in [6, 6.07) is 17.0. The Morgan fingerprint density at radius 1 is 0.846 bits per heavy atom. The molecule has 0 bridgehead atoms. The molecule has 138 valence electrons. The molecule has 0 amide bonds. The Bertz CT molecular complexity index is 699. The van der Waals surface area contributed by atoms with Crippen LogP contribution in [-0.2, 0) is 13.0 Å². The standard InChI is InChI=1S/C25H32O/c1-2-3-4-5-6-7-11-14-22-15-16-23-17-18-24(19-25(22)23)26-20-21-12-9-8-10-13-21/h8-10,12-13,15,17-19H,2-7,11,14,16,20H2,1H3. The van der Waals surface area contributed by atoms with Crippen molar-refractivity contribution in [3.8, 4) is 5.75 Å². The Labute approximate surface area is 159 Å². The van der Waals surface area contributed by atoms with Crippen LogP contribution in [-0.4, -0.2) is 0 Å². The van der Waals surface area contributed by atoms with Gasteiger partial charge in [0.2, 0.25) is 0 Å². The molecule has 0 aliphatic heterocycles. The van der Waals surface area contributed by atoms with E-state index < -0.39 is 0 Å². The molecule has 0 heterocycles. The minimum absolute atomic E-state index is 0.635. The summed E-state index contributed by atoms with van der Waals surface area (Å²) in [5.74, 6) is 0.986. The van der Waals surface area contributed by atoms with Crippen LogP contribution >= 0.6 is 0 Å². The summed E-state index contributed by atoms with van der Waals surface area (Å²) < 4.78 is 6.02. The zero-order valence-electron chi connectivity index (χ0n) is 16.2. The second-order valence-corrected chi connectivity index (χ2v) is 7.40. The highest BCUT2D eigenvalue weighted by molar-refractivity contribution is 5.74. The van der Waals surface area contributed by atoms with Gasteiger partial charge >= 0.3 is 0 Å². The molecule has 0 atom stereocenters. The number of allylic oxidation sites excluding steroid dienone is 2. The number of hydrogen-bond acceptors (Lipinski definition) is 1. The van der Waals surface area contributed by atoms with Gasteiger partial charge in [-0.2, -0.15) is 0 Å². The van der Waals surface area contributed by atoms with Crippen molar-refractivity contribution < 1.29 is 4.74 Å². The number of benzene rings is 2. The summed E-state index contributed by atoms with van der Waals surface area (Å²) in [5.41, 5.74) is 5.61. The molecule has 26 heavy (non-hydrogen) atoms. The van der Waals surface area contributed by atoms with Crippen LogP contribution in [0, 0.1) is 0 Å². The lowest BCUT2D eigenvalue weighted by atomic mass is 9.99. The van der Waals surface area contributed by atoms with Gasteiger partial charge in [0.15, 0.2) is 0 Å². The predicted octanol–water partition coefficient (Wildman–Crippen LogP) is 7.35. The maximum atomic E-state index is 6.02. The lowest BCUT2D eigenvalue weighted by molar-refractivity contribution is 0.306. The fourth-order valence-corrected chi connectivity index (χ4v) is 3.72. The fraction of sp³-hybridized carbons (Fsp3) is 0.440. The third-order valence-corrected chi connectivity index (χ3v) is 5.29. The van der Waals surface area contributed by atoms with Gasteiger partial charge < -0.3 is 4.74 Å². The highest BCUT2D eigenvalue weighted by atomic mass is 16.5. The lowest BCUT2D eigenvalue weighted by Crippen LogP contribution is -1.96. The summed E-state index contributed by atoms with van der Waals surface area (Å²) >= 11 is 0. The van der Waals surface area contributed by atoms with Crippen molar-refractivity contribution >= 4 is 5.57 Å². The van der Waals surface area contributed by atoms with Gasteiger partial charge in [0.25, 0.3) is 0 Å². The summed E-state index contributed by atoms with van der Waals surface area (Å²) in [6.45, 7) is 2.91. The average molecular weight is 349 g/mol. The number of ether oxygens (including phenoxy) is 1. The van der Waals surface area contributed by atoms with E-state index in [1.807, 2.05) is 6.07 Å². The quantitative estimate of drug-likeness (QED) is 0.386. The van der Waals surface area contributed by atoms with Crippen LogP contribution in [0.2, 0.25) is 0 Å². The first-order valence-corrected chi connectivity index (χ1v) is 10.4. The maximum absolute atomic E-state index is 6.02. The first kappa shape index (κ1) is 18.8. The molecule has 0 N–H and O–H groups in total. The smallest absolute Gasteiger partial charge is 0.120 e. The van der Waals surface area contributed by atoms with Gasteiger partial charge in [-0.15, -0.1) is 0 Å². The van der Waals surface area contributed by atoms with Gasteiger partial charge in [0, 0.05) is 0 Å². The molecule has 2 aromatic rings. The molecular formula is C25H32O. The zero-order valence-corrected chi connectivity index (χ0v) is 16.2. The topological polar surface area (TPSA) is 9.23 Å². The molecule has 0 spiro atoms. The second kappa shape index (κ2) is 10.2. The summed E-state index contributed by atoms with van der Waals surface area (Å²) in [6.07, 6.45) is 14.3. The predicted molar refractivity (Wildman–Crippen MR) is 112 cm³/mol. The van der Waals surface area contributed by atoms with Crippen LogP contribution in [0.5, 0.6) is 5.75 Å². The molecule has 0 saturated heterocycles. The molecule has 0 saturated carbocycles. The third-order valence-electron chi connectivity index (χ3n) is 5.29. The summed E-state index contributed by atoms with van der Waals surface area (Å²) in [5, 5.41) is 0. The van der Waals surface area contributed by atoms with E-state index in [4.69, 9.17) is 4.74 Å². The molecule has 0 unspecified atom stereocenters. The van der Waals surface area contributed by atoms with Crippen LogP contribution in [0.25, 0.3) is 5.57 Å². The molecule has 1 aliphatic rings. The molecular weight excluding hydrogens is 316 g/mol. The van der Waals surface area contributed by atoms with E-state index in [9.17, 15) is 0 Å². The molecule has 0 aromatic heterocycles. The van der Waals surface area contributed by atoms with Crippen molar-refractivity contribution in [2.75, 3.05) is 0 Å². The monoisotopic (exact) mass is 348 g/mol. The second-order valence-electron chi connectivity index (χ2n) is 7.40. The Morgan fingerprint density at radius 3 is 2.42 bits per heavy atom. The lowest BCUT2D eigenvalue weighted by Gasteiger charge is -2.11. The molecule has 1 aliphatic carbocycles. The van der Waals surface area contributed by atoms with E-state index in [0.717, 1.165) is 12.2 Å². The molecule has 0 radical (unpaired) electrons. The van der Waals surface area contributed by atoms with Crippen LogP contribution in [0.4, 0.5) is 0 Å². The zero-order chi connectivity index (χ0) is 18.0. The van der Waals surface area contributed by atoms with Crippen LogP contribution < -0.4 is 4.74 Å². The average Bonchev–Trinajstić information content (AvgIpc) is 3.09. The fourth-order valence-electron chi connectivity index (χ4n) is 3.72. The van der Waals surface area contributed by atoms with E-state index in [2.05, 4.69) is 55.5 Å². The Morgan fingerprint density at radius 2 is 1.62 bits per heavy atom. The minimum atomic E-state index is 0.635. The van der Waals surface area contributed by atoms with Crippen molar-refractivity contribution in [3.63, 3.8) is 0 Å². The Balaban J connectivity index is 1.47. The summed E-state index contributed by atoms with van der Waals surface area (Å²) in [4.78, 5) is 0. The van der Waals surface area contributed by atoms with Crippen LogP contribution in [0.1, 0.15) is 75.0 Å². The number of hydrogen-bond donors (Lipinski definition) is 0. The Kier molecular flexibility index (Phi) is 7.37.